The minimum absolute atomic E-state index is 0.0201. The van der Waals surface area contributed by atoms with Crippen LogP contribution in [0.4, 0.5) is 5.69 Å². The molecule has 0 aliphatic carbocycles. The van der Waals surface area contributed by atoms with Gasteiger partial charge in [0.05, 0.1) is 10.6 Å². The lowest BCUT2D eigenvalue weighted by Crippen LogP contribution is -2.08. The molecule has 112 valence electrons. The first kappa shape index (κ1) is 14.0. The highest BCUT2D eigenvalue weighted by Crippen LogP contribution is 2.28. The molecule has 0 fully saturated rings. The van der Waals surface area contributed by atoms with Gasteiger partial charge in [-0.15, -0.1) is 0 Å². The van der Waals surface area contributed by atoms with E-state index in [9.17, 15) is 10.1 Å². The van der Waals surface area contributed by atoms with Gasteiger partial charge in [-0.1, -0.05) is 30.3 Å². The van der Waals surface area contributed by atoms with Gasteiger partial charge in [0.2, 0.25) is 5.82 Å². The molecule has 0 atom stereocenters. The maximum absolute atomic E-state index is 11.3. The molecule has 0 aliphatic rings. The summed E-state index contributed by atoms with van der Waals surface area (Å²) < 4.78 is 3.06. The summed E-state index contributed by atoms with van der Waals surface area (Å²) in [6, 6.07) is 11.6. The minimum Gasteiger partial charge on any atom is -0.258 e. The van der Waals surface area contributed by atoms with Gasteiger partial charge in [0, 0.05) is 18.3 Å². The Morgan fingerprint density at radius 3 is 2.45 bits per heavy atom. The van der Waals surface area contributed by atoms with Crippen molar-refractivity contribution in [2.75, 3.05) is 0 Å². The maximum atomic E-state index is 11.3. The van der Waals surface area contributed by atoms with Crippen LogP contribution in [-0.4, -0.2) is 24.5 Å². The highest BCUT2D eigenvalue weighted by molar-refractivity contribution is 5.61. The molecule has 3 rings (SSSR count). The van der Waals surface area contributed by atoms with Crippen LogP contribution in [0.2, 0.25) is 0 Å². The first-order valence-electron chi connectivity index (χ1n) is 6.79. The van der Waals surface area contributed by atoms with E-state index in [0.29, 0.717) is 11.5 Å². The van der Waals surface area contributed by atoms with Crippen molar-refractivity contribution in [2.24, 2.45) is 7.05 Å². The zero-order valence-corrected chi connectivity index (χ0v) is 12.5. The lowest BCUT2D eigenvalue weighted by atomic mass is 10.1. The van der Waals surface area contributed by atoms with E-state index in [1.807, 2.05) is 43.3 Å². The van der Waals surface area contributed by atoms with E-state index in [0.717, 1.165) is 17.0 Å². The first-order valence-corrected chi connectivity index (χ1v) is 6.79. The van der Waals surface area contributed by atoms with Crippen LogP contribution in [0.5, 0.6) is 0 Å². The number of aryl methyl sites for hydroxylation is 3. The normalized spacial score (nSPS) is 10.9. The molecule has 0 radical (unpaired) electrons. The Bertz CT molecular complexity index is 848. The lowest BCUT2D eigenvalue weighted by Gasteiger charge is -2.03. The third kappa shape index (κ3) is 2.16. The number of hydrogen-bond acceptors (Lipinski definition) is 4. The van der Waals surface area contributed by atoms with Crippen molar-refractivity contribution < 1.29 is 4.92 Å². The Morgan fingerprint density at radius 1 is 1.14 bits per heavy atom. The molecule has 0 N–H and O–H groups in total. The minimum atomic E-state index is -0.416. The monoisotopic (exact) mass is 297 g/mol. The lowest BCUT2D eigenvalue weighted by molar-refractivity contribution is -0.385. The fraction of sp³-hybridized carbons (Fsp3) is 0.200. The molecule has 7 heteroatoms. The smallest absolute Gasteiger partial charge is 0.258 e. The molecule has 0 unspecified atom stereocenters. The summed E-state index contributed by atoms with van der Waals surface area (Å²) in [5, 5.41) is 20.0. The molecule has 0 bridgehead atoms. The molecule has 1 aromatic carbocycles. The summed E-state index contributed by atoms with van der Waals surface area (Å²) in [6.07, 6.45) is 0. The molecule has 0 saturated heterocycles. The van der Waals surface area contributed by atoms with E-state index in [1.54, 1.807) is 18.7 Å². The van der Waals surface area contributed by atoms with E-state index < -0.39 is 4.92 Å². The molecule has 0 saturated carbocycles. The summed E-state index contributed by atoms with van der Waals surface area (Å²) in [5.74, 6) is 0.363. The number of hydrogen-bond donors (Lipinski definition) is 0. The molecule has 0 aliphatic heterocycles. The molecule has 0 amide bonds. The quantitative estimate of drug-likeness (QED) is 0.550. The molecule has 2 heterocycles. The predicted molar refractivity (Wildman–Crippen MR) is 81.9 cm³/mol. The SMILES string of the molecule is Cc1nn(C)c(-n2nc(-c3ccccc3)cc2C)c1[N+](=O)[O-]. The van der Waals surface area contributed by atoms with Crippen LogP contribution >= 0.6 is 0 Å². The van der Waals surface area contributed by atoms with Crippen LogP contribution in [0.15, 0.2) is 36.4 Å². The number of aromatic nitrogens is 4. The van der Waals surface area contributed by atoms with Crippen LogP contribution in [0.25, 0.3) is 17.1 Å². The third-order valence-corrected chi connectivity index (χ3v) is 3.50. The van der Waals surface area contributed by atoms with Gasteiger partial charge in [-0.2, -0.15) is 10.2 Å². The van der Waals surface area contributed by atoms with Gasteiger partial charge in [0.1, 0.15) is 5.69 Å². The number of nitrogens with zero attached hydrogens (tertiary/aromatic N) is 5. The molecular weight excluding hydrogens is 282 g/mol. The summed E-state index contributed by atoms with van der Waals surface area (Å²) in [4.78, 5) is 10.9. The van der Waals surface area contributed by atoms with Crippen molar-refractivity contribution >= 4 is 5.69 Å². The zero-order valence-electron chi connectivity index (χ0n) is 12.5. The van der Waals surface area contributed by atoms with E-state index in [4.69, 9.17) is 0 Å². The first-order chi connectivity index (χ1) is 10.5. The predicted octanol–water partition coefficient (Wildman–Crippen LogP) is 2.80. The molecule has 22 heavy (non-hydrogen) atoms. The molecule has 0 spiro atoms. The molecule has 7 nitrogen and oxygen atoms in total. The van der Waals surface area contributed by atoms with Gasteiger partial charge in [0.15, 0.2) is 0 Å². The molecule has 3 aromatic rings. The Hall–Kier alpha value is -2.96. The fourth-order valence-electron chi connectivity index (χ4n) is 2.52. The number of rotatable bonds is 3. The van der Waals surface area contributed by atoms with Crippen molar-refractivity contribution in [3.8, 4) is 17.1 Å². The highest BCUT2D eigenvalue weighted by Gasteiger charge is 2.27. The van der Waals surface area contributed by atoms with Gasteiger partial charge < -0.3 is 0 Å². The van der Waals surface area contributed by atoms with Crippen LogP contribution in [0.3, 0.4) is 0 Å². The van der Waals surface area contributed by atoms with Crippen LogP contribution < -0.4 is 0 Å². The van der Waals surface area contributed by atoms with Crippen molar-refractivity contribution in [3.05, 3.63) is 57.9 Å². The van der Waals surface area contributed by atoms with E-state index in [2.05, 4.69) is 10.2 Å². The van der Waals surface area contributed by atoms with E-state index in [-0.39, 0.29) is 5.69 Å². The van der Waals surface area contributed by atoms with Gasteiger partial charge in [0.25, 0.3) is 0 Å². The fourth-order valence-corrected chi connectivity index (χ4v) is 2.52. The van der Waals surface area contributed by atoms with Crippen LogP contribution in [-0.2, 0) is 7.05 Å². The third-order valence-electron chi connectivity index (χ3n) is 3.50. The topological polar surface area (TPSA) is 78.8 Å². The zero-order chi connectivity index (χ0) is 15.9. The summed E-state index contributed by atoms with van der Waals surface area (Å²) in [7, 11) is 1.68. The average molecular weight is 297 g/mol. The molecule has 2 aromatic heterocycles. The second-order valence-corrected chi connectivity index (χ2v) is 5.09. The average Bonchev–Trinajstić information content (AvgIpc) is 2.99. The Balaban J connectivity index is 2.19. The van der Waals surface area contributed by atoms with Gasteiger partial charge in [-0.25, -0.2) is 9.36 Å². The van der Waals surface area contributed by atoms with Gasteiger partial charge in [-0.05, 0) is 19.9 Å². The molecular formula is C15H15N5O2. The highest BCUT2D eigenvalue weighted by atomic mass is 16.6. The Morgan fingerprint density at radius 2 is 1.82 bits per heavy atom. The number of nitro groups is 1. The van der Waals surface area contributed by atoms with Crippen LogP contribution in [0.1, 0.15) is 11.4 Å². The van der Waals surface area contributed by atoms with Crippen molar-refractivity contribution in [2.45, 2.75) is 13.8 Å². The van der Waals surface area contributed by atoms with Gasteiger partial charge >= 0.3 is 5.69 Å². The van der Waals surface area contributed by atoms with Crippen molar-refractivity contribution in [3.63, 3.8) is 0 Å². The maximum Gasteiger partial charge on any atom is 0.336 e. The van der Waals surface area contributed by atoms with Crippen molar-refractivity contribution in [1.29, 1.82) is 0 Å². The summed E-state index contributed by atoms with van der Waals surface area (Å²) >= 11 is 0. The second-order valence-electron chi connectivity index (χ2n) is 5.09. The number of benzene rings is 1. The second kappa shape index (κ2) is 5.10. The summed E-state index contributed by atoms with van der Waals surface area (Å²) in [5.41, 5.74) is 2.90. The van der Waals surface area contributed by atoms with Crippen LogP contribution in [0, 0.1) is 24.0 Å². The standard InChI is InChI=1S/C15H15N5O2/c1-10-9-13(12-7-5-4-6-8-12)17-19(10)15-14(20(21)22)11(2)16-18(15)3/h4-9H,1-3H3. The largest absolute Gasteiger partial charge is 0.336 e. The summed E-state index contributed by atoms with van der Waals surface area (Å²) in [6.45, 7) is 3.49. The Kier molecular flexibility index (Phi) is 3.25. The van der Waals surface area contributed by atoms with Crippen molar-refractivity contribution in [1.82, 2.24) is 19.6 Å². The Labute approximate surface area is 127 Å². The van der Waals surface area contributed by atoms with E-state index in [1.165, 1.54) is 4.68 Å². The van der Waals surface area contributed by atoms with Gasteiger partial charge in [-0.3, -0.25) is 10.1 Å². The van der Waals surface area contributed by atoms with E-state index >= 15 is 0 Å².